The number of rotatable bonds is 4. The van der Waals surface area contributed by atoms with Gasteiger partial charge in [0.15, 0.2) is 0 Å². The van der Waals surface area contributed by atoms with Gasteiger partial charge in [-0.1, -0.05) is 13.0 Å². The molecule has 1 heterocycles. The van der Waals surface area contributed by atoms with E-state index in [1.54, 1.807) is 23.5 Å². The molecule has 1 N–H and O–H groups in total. The number of thiophene rings is 1. The third kappa shape index (κ3) is 2.79. The molecule has 1 atom stereocenters. The second-order valence-corrected chi connectivity index (χ2v) is 5.60. The Morgan fingerprint density at radius 1 is 1.28 bits per heavy atom. The van der Waals surface area contributed by atoms with Crippen molar-refractivity contribution in [2.24, 2.45) is 0 Å². The molecule has 1 aromatic heterocycles. The molecule has 0 aliphatic rings. The third-order valence-corrected chi connectivity index (χ3v) is 3.88. The zero-order valence-corrected chi connectivity index (χ0v) is 11.8. The number of hydrogen-bond donors (Lipinski definition) is 1. The van der Waals surface area contributed by atoms with Gasteiger partial charge in [0.1, 0.15) is 5.82 Å². The summed E-state index contributed by atoms with van der Waals surface area (Å²) < 4.78 is 13.5. The summed E-state index contributed by atoms with van der Waals surface area (Å²) in [5.41, 5.74) is 3.20. The molecule has 0 bridgehead atoms. The largest absolute Gasteiger partial charge is 0.306 e. The Morgan fingerprint density at radius 3 is 2.61 bits per heavy atom. The van der Waals surface area contributed by atoms with Crippen LogP contribution < -0.4 is 5.32 Å². The van der Waals surface area contributed by atoms with Crippen LogP contribution in [0.2, 0.25) is 0 Å². The first-order chi connectivity index (χ1) is 8.61. The van der Waals surface area contributed by atoms with Gasteiger partial charge in [0, 0.05) is 4.88 Å². The van der Waals surface area contributed by atoms with Gasteiger partial charge in [0.2, 0.25) is 0 Å². The predicted octanol–water partition coefficient (Wildman–Crippen LogP) is 4.20. The Balaban J connectivity index is 2.44. The fourth-order valence-corrected chi connectivity index (χ4v) is 2.98. The maximum Gasteiger partial charge on any atom is 0.123 e. The molecule has 0 saturated carbocycles. The molecule has 0 amide bonds. The summed E-state index contributed by atoms with van der Waals surface area (Å²) in [7, 11) is 0. The molecule has 0 radical (unpaired) electrons. The highest BCUT2D eigenvalue weighted by Gasteiger charge is 2.16. The maximum atomic E-state index is 13.5. The van der Waals surface area contributed by atoms with Crippen molar-refractivity contribution >= 4 is 11.3 Å². The van der Waals surface area contributed by atoms with Gasteiger partial charge < -0.3 is 5.32 Å². The quantitative estimate of drug-likeness (QED) is 0.871. The number of aryl methyl sites for hydroxylation is 2. The van der Waals surface area contributed by atoms with Crippen molar-refractivity contribution in [3.05, 3.63) is 57.0 Å². The van der Waals surface area contributed by atoms with Gasteiger partial charge >= 0.3 is 0 Å². The van der Waals surface area contributed by atoms with Crippen LogP contribution in [0.25, 0.3) is 0 Å². The molecule has 2 aromatic rings. The summed E-state index contributed by atoms with van der Waals surface area (Å²) in [6, 6.07) is 7.43. The first-order valence-corrected chi connectivity index (χ1v) is 7.04. The SMILES string of the molecule is CCNC(c1cc(C)cc(F)c1)c1ccsc1C. The Hall–Kier alpha value is -1.19. The lowest BCUT2D eigenvalue weighted by molar-refractivity contribution is 0.601. The second kappa shape index (κ2) is 5.63. The summed E-state index contributed by atoms with van der Waals surface area (Å²) >= 11 is 1.73. The Bertz CT molecular complexity index is 513. The van der Waals surface area contributed by atoms with E-state index < -0.39 is 0 Å². The molecular weight excluding hydrogens is 245 g/mol. The summed E-state index contributed by atoms with van der Waals surface area (Å²) in [4.78, 5) is 1.28. The zero-order chi connectivity index (χ0) is 13.1. The van der Waals surface area contributed by atoms with Crippen LogP contribution in [0.1, 0.15) is 34.5 Å². The Morgan fingerprint density at radius 2 is 2.06 bits per heavy atom. The molecule has 0 aliphatic heterocycles. The molecule has 0 spiro atoms. The van der Waals surface area contributed by atoms with E-state index in [0.717, 1.165) is 17.7 Å². The van der Waals surface area contributed by atoms with Gasteiger partial charge in [0.25, 0.3) is 0 Å². The van der Waals surface area contributed by atoms with E-state index in [2.05, 4.69) is 30.6 Å². The minimum absolute atomic E-state index is 0.0793. The van der Waals surface area contributed by atoms with Gasteiger partial charge in [-0.3, -0.25) is 0 Å². The van der Waals surface area contributed by atoms with E-state index in [1.807, 2.05) is 13.0 Å². The molecule has 1 aromatic carbocycles. The highest BCUT2D eigenvalue weighted by molar-refractivity contribution is 7.10. The van der Waals surface area contributed by atoms with Crippen LogP contribution in [0.5, 0.6) is 0 Å². The highest BCUT2D eigenvalue weighted by Crippen LogP contribution is 2.29. The van der Waals surface area contributed by atoms with Gasteiger partial charge in [0.05, 0.1) is 6.04 Å². The highest BCUT2D eigenvalue weighted by atomic mass is 32.1. The monoisotopic (exact) mass is 263 g/mol. The molecule has 96 valence electrons. The van der Waals surface area contributed by atoms with Crippen LogP contribution in [-0.2, 0) is 0 Å². The van der Waals surface area contributed by atoms with Crippen LogP contribution in [0.4, 0.5) is 4.39 Å². The lowest BCUT2D eigenvalue weighted by atomic mass is 9.97. The number of nitrogens with one attached hydrogen (secondary N) is 1. The molecular formula is C15H18FNS. The van der Waals surface area contributed by atoms with Crippen molar-refractivity contribution in [3.8, 4) is 0 Å². The van der Waals surface area contributed by atoms with E-state index in [0.29, 0.717) is 0 Å². The van der Waals surface area contributed by atoms with Gasteiger partial charge in [-0.25, -0.2) is 4.39 Å². The Labute approximate surface area is 112 Å². The number of benzene rings is 1. The topological polar surface area (TPSA) is 12.0 Å². The maximum absolute atomic E-state index is 13.5. The first-order valence-electron chi connectivity index (χ1n) is 6.16. The number of hydrogen-bond acceptors (Lipinski definition) is 2. The minimum Gasteiger partial charge on any atom is -0.306 e. The van der Waals surface area contributed by atoms with E-state index >= 15 is 0 Å². The summed E-state index contributed by atoms with van der Waals surface area (Å²) in [5, 5.41) is 5.52. The van der Waals surface area contributed by atoms with Crippen molar-refractivity contribution in [2.45, 2.75) is 26.8 Å². The lowest BCUT2D eigenvalue weighted by Gasteiger charge is -2.19. The van der Waals surface area contributed by atoms with E-state index in [1.165, 1.54) is 10.4 Å². The van der Waals surface area contributed by atoms with E-state index in [9.17, 15) is 4.39 Å². The summed E-state index contributed by atoms with van der Waals surface area (Å²) in [6.45, 7) is 6.96. The zero-order valence-electron chi connectivity index (χ0n) is 11.0. The van der Waals surface area contributed by atoms with E-state index in [-0.39, 0.29) is 11.9 Å². The van der Waals surface area contributed by atoms with Gasteiger partial charge in [-0.2, -0.15) is 0 Å². The van der Waals surface area contributed by atoms with Crippen molar-refractivity contribution < 1.29 is 4.39 Å². The fraction of sp³-hybridized carbons (Fsp3) is 0.333. The van der Waals surface area contributed by atoms with Gasteiger partial charge in [-0.15, -0.1) is 11.3 Å². The summed E-state index contributed by atoms with van der Waals surface area (Å²) in [5.74, 6) is -0.166. The van der Waals surface area contributed by atoms with Crippen molar-refractivity contribution in [3.63, 3.8) is 0 Å². The standard InChI is InChI=1S/C15H18FNS/c1-4-17-15(14-5-6-18-11(14)3)12-7-10(2)8-13(16)9-12/h5-9,15,17H,4H2,1-3H3. The average molecular weight is 263 g/mol. The third-order valence-electron chi connectivity index (χ3n) is 3.02. The molecule has 0 aliphatic carbocycles. The normalized spacial score (nSPS) is 12.7. The Kier molecular flexibility index (Phi) is 4.15. The van der Waals surface area contributed by atoms with Gasteiger partial charge in [-0.05, 0) is 60.7 Å². The average Bonchev–Trinajstić information content (AvgIpc) is 2.71. The van der Waals surface area contributed by atoms with Crippen LogP contribution in [0, 0.1) is 19.7 Å². The fourth-order valence-electron chi connectivity index (χ4n) is 2.24. The molecule has 0 fully saturated rings. The van der Waals surface area contributed by atoms with Crippen molar-refractivity contribution in [2.75, 3.05) is 6.54 Å². The smallest absolute Gasteiger partial charge is 0.123 e. The molecule has 3 heteroatoms. The van der Waals surface area contributed by atoms with Crippen LogP contribution >= 0.6 is 11.3 Å². The molecule has 1 unspecified atom stereocenters. The number of halogens is 1. The van der Waals surface area contributed by atoms with E-state index in [4.69, 9.17) is 0 Å². The molecule has 2 rings (SSSR count). The lowest BCUT2D eigenvalue weighted by Crippen LogP contribution is -2.22. The molecule has 18 heavy (non-hydrogen) atoms. The molecule has 1 nitrogen and oxygen atoms in total. The van der Waals surface area contributed by atoms with Crippen LogP contribution in [-0.4, -0.2) is 6.54 Å². The predicted molar refractivity (Wildman–Crippen MR) is 75.7 cm³/mol. The van der Waals surface area contributed by atoms with Crippen LogP contribution in [0.3, 0.4) is 0 Å². The summed E-state index contributed by atoms with van der Waals surface area (Å²) in [6.07, 6.45) is 0. The van der Waals surface area contributed by atoms with Crippen molar-refractivity contribution in [1.82, 2.24) is 5.32 Å². The molecule has 0 saturated heterocycles. The van der Waals surface area contributed by atoms with Crippen LogP contribution in [0.15, 0.2) is 29.6 Å². The first kappa shape index (κ1) is 13.2. The second-order valence-electron chi connectivity index (χ2n) is 4.48. The van der Waals surface area contributed by atoms with Crippen molar-refractivity contribution in [1.29, 1.82) is 0 Å². The minimum atomic E-state index is -0.166.